The van der Waals surface area contributed by atoms with Gasteiger partial charge >= 0.3 is 0 Å². The fraction of sp³-hybridized carbons (Fsp3) is 0.529. The van der Waals surface area contributed by atoms with Crippen LogP contribution in [0.4, 0.5) is 5.69 Å². The minimum absolute atomic E-state index is 0.0584. The molecule has 2 atom stereocenters. The van der Waals surface area contributed by atoms with Crippen molar-refractivity contribution in [1.29, 1.82) is 0 Å². The van der Waals surface area contributed by atoms with Crippen molar-refractivity contribution >= 4 is 5.69 Å². The highest BCUT2D eigenvalue weighted by atomic mass is 16.2. The number of anilines is 1. The topological polar surface area (TPSA) is 32.3 Å². The first-order valence-corrected chi connectivity index (χ1v) is 7.20. The van der Waals surface area contributed by atoms with E-state index in [2.05, 4.69) is 56.1 Å². The van der Waals surface area contributed by atoms with E-state index in [1.807, 2.05) is 0 Å². The molecule has 104 valence electrons. The summed E-state index contributed by atoms with van der Waals surface area (Å²) >= 11 is 0. The molecule has 1 aliphatic rings. The number of rotatable bonds is 6. The predicted octanol–water partition coefficient (Wildman–Crippen LogP) is 3.94. The molecular formula is C17H25NO. The van der Waals surface area contributed by atoms with Gasteiger partial charge in [0, 0.05) is 29.7 Å². The molecule has 0 saturated heterocycles. The van der Waals surface area contributed by atoms with Gasteiger partial charge in [-0.05, 0) is 24.5 Å². The van der Waals surface area contributed by atoms with Crippen molar-refractivity contribution in [3.8, 4) is 0 Å². The summed E-state index contributed by atoms with van der Waals surface area (Å²) in [5, 5.41) is 12.6. The van der Waals surface area contributed by atoms with E-state index < -0.39 is 0 Å². The maximum atomic E-state index is 8.98. The van der Waals surface area contributed by atoms with E-state index in [1.54, 1.807) is 0 Å². The van der Waals surface area contributed by atoms with Crippen molar-refractivity contribution in [2.75, 3.05) is 11.9 Å². The zero-order chi connectivity index (χ0) is 13.9. The Bertz CT molecular complexity index is 439. The summed E-state index contributed by atoms with van der Waals surface area (Å²) in [7, 11) is 0. The van der Waals surface area contributed by atoms with Crippen molar-refractivity contribution in [1.82, 2.24) is 0 Å². The largest absolute Gasteiger partial charge is 0.396 e. The van der Waals surface area contributed by atoms with Gasteiger partial charge in [-0.25, -0.2) is 0 Å². The third-order valence-corrected chi connectivity index (χ3v) is 4.32. The number of para-hydroxylation sites is 1. The Labute approximate surface area is 116 Å². The van der Waals surface area contributed by atoms with E-state index in [4.69, 9.17) is 5.11 Å². The van der Waals surface area contributed by atoms with Gasteiger partial charge in [-0.2, -0.15) is 0 Å². The molecule has 0 spiro atoms. The Morgan fingerprint density at radius 2 is 2.05 bits per heavy atom. The van der Waals surface area contributed by atoms with E-state index in [0.717, 1.165) is 19.3 Å². The highest BCUT2D eigenvalue weighted by Crippen LogP contribution is 2.45. The number of benzene rings is 1. The summed E-state index contributed by atoms with van der Waals surface area (Å²) < 4.78 is 0. The molecule has 2 N–H and O–H groups in total. The van der Waals surface area contributed by atoms with Crippen LogP contribution in [0.2, 0.25) is 0 Å². The highest BCUT2D eigenvalue weighted by Gasteiger charge is 2.39. The second kappa shape index (κ2) is 5.79. The minimum atomic E-state index is 0.0584. The molecule has 0 bridgehead atoms. The fourth-order valence-corrected chi connectivity index (χ4v) is 3.03. The molecule has 0 radical (unpaired) electrons. The fourth-order valence-electron chi connectivity index (χ4n) is 3.03. The molecule has 0 aliphatic carbocycles. The van der Waals surface area contributed by atoms with Crippen molar-refractivity contribution in [2.24, 2.45) is 5.41 Å². The van der Waals surface area contributed by atoms with Crippen molar-refractivity contribution in [3.05, 3.63) is 42.5 Å². The van der Waals surface area contributed by atoms with Crippen LogP contribution in [0.25, 0.3) is 0 Å². The Morgan fingerprint density at radius 3 is 2.74 bits per heavy atom. The van der Waals surface area contributed by atoms with Crippen molar-refractivity contribution in [2.45, 2.75) is 45.1 Å². The maximum Gasteiger partial charge on any atom is 0.0431 e. The van der Waals surface area contributed by atoms with Crippen LogP contribution in [-0.4, -0.2) is 17.8 Å². The van der Waals surface area contributed by atoms with Gasteiger partial charge in [0.05, 0.1) is 0 Å². The molecular weight excluding hydrogens is 234 g/mol. The average Bonchev–Trinajstić information content (AvgIpc) is 2.79. The van der Waals surface area contributed by atoms with Crippen LogP contribution in [0.3, 0.4) is 0 Å². The Balaban J connectivity index is 2.23. The van der Waals surface area contributed by atoms with Gasteiger partial charge in [0.1, 0.15) is 0 Å². The zero-order valence-corrected chi connectivity index (χ0v) is 12.0. The summed E-state index contributed by atoms with van der Waals surface area (Å²) in [5.41, 5.74) is 2.74. The molecule has 0 aromatic heterocycles. The predicted molar refractivity (Wildman–Crippen MR) is 81.5 cm³/mol. The summed E-state index contributed by atoms with van der Waals surface area (Å²) in [4.78, 5) is 0. The lowest BCUT2D eigenvalue weighted by Crippen LogP contribution is -2.35. The normalized spacial score (nSPS) is 21.8. The van der Waals surface area contributed by atoms with E-state index in [-0.39, 0.29) is 12.0 Å². The van der Waals surface area contributed by atoms with E-state index in [9.17, 15) is 0 Å². The lowest BCUT2D eigenvalue weighted by atomic mass is 9.75. The first-order chi connectivity index (χ1) is 9.10. The van der Waals surface area contributed by atoms with Crippen LogP contribution in [0.5, 0.6) is 0 Å². The molecule has 0 fully saturated rings. The molecule has 0 amide bonds. The lowest BCUT2D eigenvalue weighted by Gasteiger charge is -2.33. The van der Waals surface area contributed by atoms with Gasteiger partial charge in [0.2, 0.25) is 0 Å². The number of hydrogen-bond donors (Lipinski definition) is 2. The first-order valence-electron chi connectivity index (χ1n) is 7.20. The monoisotopic (exact) mass is 259 g/mol. The van der Waals surface area contributed by atoms with Crippen molar-refractivity contribution < 1.29 is 5.11 Å². The third-order valence-electron chi connectivity index (χ3n) is 4.32. The Morgan fingerprint density at radius 1 is 1.32 bits per heavy atom. The number of hydrogen-bond acceptors (Lipinski definition) is 2. The van der Waals surface area contributed by atoms with Gasteiger partial charge in [-0.1, -0.05) is 44.5 Å². The van der Waals surface area contributed by atoms with Crippen LogP contribution < -0.4 is 5.32 Å². The molecule has 2 rings (SSSR count). The van der Waals surface area contributed by atoms with Crippen LogP contribution in [0, 0.1) is 5.41 Å². The molecule has 2 nitrogen and oxygen atoms in total. The summed E-state index contributed by atoms with van der Waals surface area (Å²) in [5.74, 6) is 0.510. The summed E-state index contributed by atoms with van der Waals surface area (Å²) in [6.45, 7) is 8.76. The van der Waals surface area contributed by atoms with E-state index in [1.165, 1.54) is 11.3 Å². The number of nitrogens with one attached hydrogen (secondary N) is 1. The van der Waals surface area contributed by atoms with Gasteiger partial charge in [0.25, 0.3) is 0 Å². The quantitative estimate of drug-likeness (QED) is 0.599. The SMILES string of the molecule is C=CC(C)(C)[C@H]1Nc2ccccc2[C@@H]1CCCCO. The Hall–Kier alpha value is -1.28. The zero-order valence-electron chi connectivity index (χ0n) is 12.0. The second-order valence-electron chi connectivity index (χ2n) is 6.06. The van der Waals surface area contributed by atoms with Crippen molar-refractivity contribution in [3.63, 3.8) is 0 Å². The third kappa shape index (κ3) is 2.84. The van der Waals surface area contributed by atoms with Crippen LogP contribution >= 0.6 is 0 Å². The molecule has 2 heteroatoms. The van der Waals surface area contributed by atoms with Crippen LogP contribution in [0.1, 0.15) is 44.6 Å². The molecule has 19 heavy (non-hydrogen) atoms. The molecule has 0 unspecified atom stereocenters. The standard InChI is InChI=1S/C17H25NO/c1-4-17(2,3)16-14(10-7-8-12-19)13-9-5-6-11-15(13)18-16/h4-6,9,11,14,16,18-19H,1,7-8,10,12H2,2-3H3/t14-,16-/m0/s1. The second-order valence-corrected chi connectivity index (χ2v) is 6.06. The van der Waals surface area contributed by atoms with E-state index in [0.29, 0.717) is 12.0 Å². The molecule has 1 aromatic rings. The minimum Gasteiger partial charge on any atom is -0.396 e. The summed E-state index contributed by atoms with van der Waals surface area (Å²) in [6, 6.07) is 8.97. The van der Waals surface area contributed by atoms with Gasteiger partial charge in [-0.3, -0.25) is 0 Å². The highest BCUT2D eigenvalue weighted by molar-refractivity contribution is 5.60. The average molecular weight is 259 g/mol. The van der Waals surface area contributed by atoms with Crippen LogP contribution in [-0.2, 0) is 0 Å². The number of aliphatic hydroxyl groups excluding tert-OH is 1. The van der Waals surface area contributed by atoms with E-state index >= 15 is 0 Å². The van der Waals surface area contributed by atoms with Gasteiger partial charge in [0.15, 0.2) is 0 Å². The van der Waals surface area contributed by atoms with Crippen LogP contribution in [0.15, 0.2) is 36.9 Å². The van der Waals surface area contributed by atoms with Gasteiger partial charge in [-0.15, -0.1) is 6.58 Å². The first kappa shape index (κ1) is 14.1. The molecule has 0 saturated carbocycles. The maximum absolute atomic E-state index is 8.98. The molecule has 1 aromatic carbocycles. The number of aliphatic hydroxyl groups is 1. The molecule has 1 aliphatic heterocycles. The molecule has 1 heterocycles. The summed E-state index contributed by atoms with van der Waals surface area (Å²) in [6.07, 6.45) is 5.13. The lowest BCUT2D eigenvalue weighted by molar-refractivity contribution is 0.275. The smallest absolute Gasteiger partial charge is 0.0431 e. The Kier molecular flexibility index (Phi) is 4.31. The number of unbranched alkanes of at least 4 members (excludes halogenated alkanes) is 1. The number of fused-ring (bicyclic) bond motifs is 1. The van der Waals surface area contributed by atoms with Gasteiger partial charge < -0.3 is 10.4 Å².